The summed E-state index contributed by atoms with van der Waals surface area (Å²) >= 11 is 0. The van der Waals surface area contributed by atoms with Gasteiger partial charge in [0.05, 0.1) is 16.6 Å². The Kier molecular flexibility index (Phi) is 5.57. The molecule has 0 spiro atoms. The maximum Gasteiger partial charge on any atom is 0.406 e. The van der Waals surface area contributed by atoms with Crippen LogP contribution in [0.2, 0.25) is 0 Å². The summed E-state index contributed by atoms with van der Waals surface area (Å²) in [7, 11) is 0. The van der Waals surface area contributed by atoms with Gasteiger partial charge in [-0.15, -0.1) is 0 Å². The van der Waals surface area contributed by atoms with E-state index in [1.165, 1.54) is 18.5 Å². The molecule has 0 aliphatic rings. The van der Waals surface area contributed by atoms with Crippen LogP contribution in [0.3, 0.4) is 0 Å². The normalized spacial score (nSPS) is 12.3. The van der Waals surface area contributed by atoms with Crippen molar-refractivity contribution in [2.75, 3.05) is 0 Å². The van der Waals surface area contributed by atoms with Gasteiger partial charge in [-0.1, -0.05) is 42.5 Å². The fourth-order valence-corrected chi connectivity index (χ4v) is 3.11. The zero-order valence-corrected chi connectivity index (χ0v) is 16.2. The highest BCUT2D eigenvalue weighted by atomic mass is 19.4. The second-order valence-electron chi connectivity index (χ2n) is 6.86. The number of imidazole rings is 2. The average molecular weight is 425 g/mol. The highest BCUT2D eigenvalue weighted by Gasteiger charge is 2.29. The first-order valence-electron chi connectivity index (χ1n) is 9.46. The molecule has 0 bridgehead atoms. The van der Waals surface area contributed by atoms with E-state index in [-0.39, 0.29) is 23.8 Å². The highest BCUT2D eigenvalue weighted by Crippen LogP contribution is 2.22. The Bertz CT molecular complexity index is 1190. The largest absolute Gasteiger partial charge is 0.406 e. The van der Waals surface area contributed by atoms with Crippen molar-refractivity contribution in [3.8, 4) is 0 Å². The molecule has 158 valence electrons. The molecule has 2 aromatic heterocycles. The van der Waals surface area contributed by atoms with E-state index >= 15 is 0 Å². The number of aromatic nitrogens is 4. The number of H-pyrrole nitrogens is 1. The van der Waals surface area contributed by atoms with E-state index in [1.54, 1.807) is 12.1 Å². The molecular formula is C22H18F3N5O. The summed E-state index contributed by atoms with van der Waals surface area (Å²) in [4.78, 5) is 24.5. The molecule has 0 saturated carbocycles. The average Bonchev–Trinajstić information content (AvgIpc) is 3.36. The van der Waals surface area contributed by atoms with Crippen molar-refractivity contribution in [2.45, 2.75) is 19.3 Å². The van der Waals surface area contributed by atoms with Gasteiger partial charge >= 0.3 is 6.18 Å². The van der Waals surface area contributed by atoms with Crippen molar-refractivity contribution < 1.29 is 18.0 Å². The molecule has 2 heterocycles. The summed E-state index contributed by atoms with van der Waals surface area (Å²) in [5.41, 5.74) is 2.32. The minimum atomic E-state index is -4.42. The molecule has 9 heteroatoms. The molecule has 4 rings (SSSR count). The van der Waals surface area contributed by atoms with E-state index in [0.29, 0.717) is 11.0 Å². The van der Waals surface area contributed by atoms with E-state index in [0.717, 1.165) is 10.1 Å². The Labute approximate surface area is 175 Å². The monoisotopic (exact) mass is 425 g/mol. The molecular weight excluding hydrogens is 407 g/mol. The number of nitrogens with one attached hydrogen (secondary N) is 2. The Balaban J connectivity index is 1.70. The summed E-state index contributed by atoms with van der Waals surface area (Å²) in [5, 5.41) is 2.80. The van der Waals surface area contributed by atoms with Crippen LogP contribution in [0.25, 0.3) is 22.7 Å². The first-order chi connectivity index (χ1) is 14.9. The fourth-order valence-electron chi connectivity index (χ4n) is 3.11. The third-order valence-corrected chi connectivity index (χ3v) is 4.56. The number of para-hydroxylation sites is 2. The number of hydrogen-bond acceptors (Lipinski definition) is 3. The van der Waals surface area contributed by atoms with Crippen molar-refractivity contribution in [1.82, 2.24) is 24.8 Å². The number of nitrogens with zero attached hydrogens (tertiary/aromatic N) is 3. The molecule has 4 aromatic rings. The fraction of sp³-hybridized carbons (Fsp3) is 0.136. The predicted octanol–water partition coefficient (Wildman–Crippen LogP) is 4.18. The topological polar surface area (TPSA) is 75.6 Å². The van der Waals surface area contributed by atoms with Gasteiger partial charge in [0.1, 0.15) is 18.2 Å². The van der Waals surface area contributed by atoms with Crippen LogP contribution in [0.15, 0.2) is 67.0 Å². The number of rotatable bonds is 6. The molecule has 2 N–H and O–H groups in total. The summed E-state index contributed by atoms with van der Waals surface area (Å²) in [6.07, 6.45) is -0.630. The number of fused-ring (bicyclic) bond motifs is 1. The second-order valence-corrected chi connectivity index (χ2v) is 6.86. The van der Waals surface area contributed by atoms with Gasteiger partial charge in [-0.3, -0.25) is 4.79 Å². The summed E-state index contributed by atoms with van der Waals surface area (Å²) in [5.74, 6) is -0.236. The van der Waals surface area contributed by atoms with Gasteiger partial charge in [-0.25, -0.2) is 9.97 Å². The number of alkyl halides is 3. The number of benzene rings is 2. The number of carbonyl (C=O) groups excluding carboxylic acids is 1. The van der Waals surface area contributed by atoms with E-state index in [4.69, 9.17) is 0 Å². The SMILES string of the molecule is O=C(NCc1ccccc1)/C(=C/c1nccn1CC(F)(F)F)c1nc2ccccc2[nH]1. The van der Waals surface area contributed by atoms with Crippen LogP contribution < -0.4 is 5.32 Å². The first kappa shape index (κ1) is 20.4. The van der Waals surface area contributed by atoms with Gasteiger partial charge in [0.2, 0.25) is 0 Å². The number of hydrogen-bond donors (Lipinski definition) is 2. The molecule has 6 nitrogen and oxygen atoms in total. The van der Waals surface area contributed by atoms with Gasteiger partial charge < -0.3 is 14.9 Å². The summed E-state index contributed by atoms with van der Waals surface area (Å²) < 4.78 is 39.6. The van der Waals surface area contributed by atoms with Crippen molar-refractivity contribution >= 4 is 28.6 Å². The van der Waals surface area contributed by atoms with E-state index in [2.05, 4.69) is 20.3 Å². The smallest absolute Gasteiger partial charge is 0.348 e. The first-order valence-corrected chi connectivity index (χ1v) is 9.46. The van der Waals surface area contributed by atoms with Gasteiger partial charge in [0, 0.05) is 18.9 Å². The van der Waals surface area contributed by atoms with Crippen LogP contribution in [0, 0.1) is 0 Å². The number of amides is 1. The third-order valence-electron chi connectivity index (χ3n) is 4.56. The van der Waals surface area contributed by atoms with Crippen LogP contribution in [0.1, 0.15) is 17.2 Å². The molecule has 0 radical (unpaired) electrons. The lowest BCUT2D eigenvalue weighted by atomic mass is 10.2. The number of aromatic amines is 1. The summed E-state index contributed by atoms with van der Waals surface area (Å²) in [6.45, 7) is -0.952. The number of carbonyl (C=O) groups is 1. The Morgan fingerprint density at radius 2 is 1.84 bits per heavy atom. The lowest BCUT2D eigenvalue weighted by molar-refractivity contribution is -0.140. The van der Waals surface area contributed by atoms with Gasteiger partial charge in [0.25, 0.3) is 5.91 Å². The zero-order chi connectivity index (χ0) is 21.8. The van der Waals surface area contributed by atoms with Crippen LogP contribution in [-0.2, 0) is 17.9 Å². The van der Waals surface area contributed by atoms with Crippen molar-refractivity contribution in [2.24, 2.45) is 0 Å². The van der Waals surface area contributed by atoms with Crippen LogP contribution >= 0.6 is 0 Å². The zero-order valence-electron chi connectivity index (χ0n) is 16.2. The van der Waals surface area contributed by atoms with Gasteiger partial charge in [0.15, 0.2) is 0 Å². The minimum absolute atomic E-state index is 0.00245. The highest BCUT2D eigenvalue weighted by molar-refractivity contribution is 6.23. The standard InChI is InChI=1S/C22H18F3N5O/c23-22(24,25)14-30-11-10-26-19(30)12-16(20-28-17-8-4-5-9-18(17)29-20)21(31)27-13-15-6-2-1-3-7-15/h1-12H,13-14H2,(H,27,31)(H,28,29)/b16-12+. The van der Waals surface area contributed by atoms with Crippen molar-refractivity contribution in [3.63, 3.8) is 0 Å². The molecule has 31 heavy (non-hydrogen) atoms. The lowest BCUT2D eigenvalue weighted by Crippen LogP contribution is -2.24. The van der Waals surface area contributed by atoms with Crippen molar-refractivity contribution in [1.29, 1.82) is 0 Å². The molecule has 0 aliphatic carbocycles. The minimum Gasteiger partial charge on any atom is -0.348 e. The Morgan fingerprint density at radius 1 is 1.10 bits per heavy atom. The van der Waals surface area contributed by atoms with Gasteiger partial charge in [-0.05, 0) is 23.8 Å². The van der Waals surface area contributed by atoms with Crippen LogP contribution in [-0.4, -0.2) is 31.6 Å². The van der Waals surface area contributed by atoms with E-state index in [1.807, 2.05) is 42.5 Å². The Morgan fingerprint density at radius 3 is 2.58 bits per heavy atom. The van der Waals surface area contributed by atoms with Crippen LogP contribution in [0.4, 0.5) is 13.2 Å². The van der Waals surface area contributed by atoms with E-state index < -0.39 is 18.6 Å². The molecule has 0 saturated heterocycles. The lowest BCUT2D eigenvalue weighted by Gasteiger charge is -2.10. The molecule has 0 aliphatic heterocycles. The maximum absolute atomic E-state index is 13.0. The molecule has 1 amide bonds. The predicted molar refractivity (Wildman–Crippen MR) is 111 cm³/mol. The maximum atomic E-state index is 13.0. The summed E-state index contributed by atoms with van der Waals surface area (Å²) in [6, 6.07) is 16.5. The molecule has 2 aromatic carbocycles. The van der Waals surface area contributed by atoms with Gasteiger partial charge in [-0.2, -0.15) is 13.2 Å². The molecule has 0 fully saturated rings. The quantitative estimate of drug-likeness (QED) is 0.455. The molecule has 0 unspecified atom stereocenters. The second kappa shape index (κ2) is 8.47. The Hall–Kier alpha value is -3.88. The van der Waals surface area contributed by atoms with Crippen LogP contribution in [0.5, 0.6) is 0 Å². The third kappa shape index (κ3) is 5.00. The van der Waals surface area contributed by atoms with E-state index in [9.17, 15) is 18.0 Å². The molecule has 0 atom stereocenters. The van der Waals surface area contributed by atoms with Crippen molar-refractivity contribution in [3.05, 3.63) is 84.2 Å². The number of halogens is 3.